The predicted molar refractivity (Wildman–Crippen MR) is 87.1 cm³/mol. The monoisotopic (exact) mass is 304 g/mol. The van der Waals surface area contributed by atoms with Crippen LogP contribution in [-0.4, -0.2) is 8.42 Å². The zero-order valence-electron chi connectivity index (χ0n) is 12.7. The van der Waals surface area contributed by atoms with Crippen molar-refractivity contribution < 1.29 is 8.42 Å². The van der Waals surface area contributed by atoms with Crippen LogP contribution in [0.15, 0.2) is 35.2 Å². The summed E-state index contributed by atoms with van der Waals surface area (Å²) in [6.07, 6.45) is 0. The summed E-state index contributed by atoms with van der Waals surface area (Å²) in [5, 5.41) is 0. The van der Waals surface area contributed by atoms with Crippen LogP contribution in [0.3, 0.4) is 0 Å². The molecule has 0 atom stereocenters. The molecule has 5 heteroatoms. The van der Waals surface area contributed by atoms with Gasteiger partial charge in [0.05, 0.1) is 11.4 Å². The molecule has 2 aromatic carbocycles. The summed E-state index contributed by atoms with van der Waals surface area (Å²) in [5.74, 6) is 0. The number of benzene rings is 2. The lowest BCUT2D eigenvalue weighted by atomic mass is 10.1. The molecule has 0 saturated carbocycles. The lowest BCUT2D eigenvalue weighted by Gasteiger charge is -2.14. The van der Waals surface area contributed by atoms with Crippen LogP contribution in [0.25, 0.3) is 0 Å². The summed E-state index contributed by atoms with van der Waals surface area (Å²) in [4.78, 5) is 0.117. The van der Waals surface area contributed by atoms with Crippen molar-refractivity contribution in [3.8, 4) is 0 Å². The number of nitrogens with two attached hydrogens (primary N) is 1. The minimum atomic E-state index is -3.70. The fourth-order valence-corrected chi connectivity index (χ4v) is 3.43. The average Bonchev–Trinajstić information content (AvgIpc) is 2.39. The van der Waals surface area contributed by atoms with E-state index < -0.39 is 10.0 Å². The summed E-state index contributed by atoms with van der Waals surface area (Å²) < 4.78 is 27.7. The van der Waals surface area contributed by atoms with E-state index in [9.17, 15) is 8.42 Å². The molecule has 0 radical (unpaired) electrons. The van der Waals surface area contributed by atoms with Gasteiger partial charge in [0.1, 0.15) is 4.90 Å². The van der Waals surface area contributed by atoms with Crippen LogP contribution >= 0.6 is 0 Å². The zero-order chi connectivity index (χ0) is 15.8. The van der Waals surface area contributed by atoms with E-state index in [1.165, 1.54) is 0 Å². The number of anilines is 2. The lowest BCUT2D eigenvalue weighted by molar-refractivity contribution is 0.601. The fourth-order valence-electron chi connectivity index (χ4n) is 2.11. The van der Waals surface area contributed by atoms with Gasteiger partial charge < -0.3 is 5.73 Å². The highest BCUT2D eigenvalue weighted by Crippen LogP contribution is 2.26. The van der Waals surface area contributed by atoms with Gasteiger partial charge in [-0.05, 0) is 68.1 Å². The highest BCUT2D eigenvalue weighted by atomic mass is 32.2. The molecule has 112 valence electrons. The Kier molecular flexibility index (Phi) is 3.96. The molecule has 3 N–H and O–H groups in total. The van der Waals surface area contributed by atoms with Crippen molar-refractivity contribution in [3.05, 3.63) is 52.6 Å². The maximum atomic E-state index is 12.6. The molecule has 0 saturated heterocycles. The van der Waals surface area contributed by atoms with Crippen LogP contribution in [0.2, 0.25) is 0 Å². The van der Waals surface area contributed by atoms with Crippen LogP contribution in [0.4, 0.5) is 11.4 Å². The summed E-state index contributed by atoms with van der Waals surface area (Å²) >= 11 is 0. The zero-order valence-corrected chi connectivity index (χ0v) is 13.5. The second-order valence-electron chi connectivity index (χ2n) is 5.33. The smallest absolute Gasteiger partial charge is 0.263 e. The molecule has 0 bridgehead atoms. The molecule has 0 unspecified atom stereocenters. The molecule has 0 fully saturated rings. The summed E-state index contributed by atoms with van der Waals surface area (Å²) in [6, 6.07) is 8.81. The number of aryl methyl sites for hydroxylation is 3. The summed E-state index contributed by atoms with van der Waals surface area (Å²) in [6.45, 7) is 7.60. The molecule has 2 aromatic rings. The number of sulfonamides is 1. The number of rotatable bonds is 3. The van der Waals surface area contributed by atoms with E-state index in [0.717, 1.165) is 22.3 Å². The van der Waals surface area contributed by atoms with Gasteiger partial charge >= 0.3 is 0 Å². The van der Waals surface area contributed by atoms with Crippen LogP contribution in [0.1, 0.15) is 22.3 Å². The molecule has 0 aliphatic heterocycles. The number of nitrogens with one attached hydrogen (secondary N) is 1. The van der Waals surface area contributed by atoms with Crippen LogP contribution < -0.4 is 10.5 Å². The van der Waals surface area contributed by atoms with Crippen molar-refractivity contribution in [1.82, 2.24) is 0 Å². The first kappa shape index (κ1) is 15.4. The maximum Gasteiger partial charge on any atom is 0.263 e. The van der Waals surface area contributed by atoms with Crippen molar-refractivity contribution in [3.63, 3.8) is 0 Å². The minimum Gasteiger partial charge on any atom is -0.398 e. The Morgan fingerprint density at radius 1 is 0.952 bits per heavy atom. The van der Waals surface area contributed by atoms with Gasteiger partial charge in [-0.1, -0.05) is 12.1 Å². The first-order chi connectivity index (χ1) is 9.72. The highest BCUT2D eigenvalue weighted by Gasteiger charge is 2.19. The summed E-state index contributed by atoms with van der Waals surface area (Å²) in [5.41, 5.74) is 10.5. The second-order valence-corrected chi connectivity index (χ2v) is 6.98. The fraction of sp³-hybridized carbons (Fsp3) is 0.250. The van der Waals surface area contributed by atoms with E-state index in [1.807, 2.05) is 39.8 Å². The minimum absolute atomic E-state index is 0.117. The number of hydrogen-bond donors (Lipinski definition) is 2. The quantitative estimate of drug-likeness (QED) is 0.855. The Balaban J connectivity index is 2.48. The van der Waals surface area contributed by atoms with Crippen molar-refractivity contribution >= 4 is 21.4 Å². The molecule has 0 spiro atoms. The molecular formula is C16H20N2O2S. The van der Waals surface area contributed by atoms with E-state index in [4.69, 9.17) is 5.73 Å². The Bertz CT molecular complexity index is 796. The molecule has 0 amide bonds. The topological polar surface area (TPSA) is 72.2 Å². The molecule has 21 heavy (non-hydrogen) atoms. The first-order valence-electron chi connectivity index (χ1n) is 6.68. The molecule has 2 rings (SSSR count). The van der Waals surface area contributed by atoms with Gasteiger partial charge in [0.2, 0.25) is 0 Å². The maximum absolute atomic E-state index is 12.6. The van der Waals surface area contributed by atoms with E-state index >= 15 is 0 Å². The van der Waals surface area contributed by atoms with Crippen LogP contribution in [0.5, 0.6) is 0 Å². The molecular weight excluding hydrogens is 284 g/mol. The second kappa shape index (κ2) is 5.41. The van der Waals surface area contributed by atoms with E-state index in [0.29, 0.717) is 5.69 Å². The lowest BCUT2D eigenvalue weighted by Crippen LogP contribution is -2.16. The molecule has 0 heterocycles. The van der Waals surface area contributed by atoms with Crippen LogP contribution in [-0.2, 0) is 10.0 Å². The van der Waals surface area contributed by atoms with Gasteiger partial charge in [-0.15, -0.1) is 0 Å². The molecule has 0 aromatic heterocycles. The Morgan fingerprint density at radius 2 is 1.57 bits per heavy atom. The molecule has 4 nitrogen and oxygen atoms in total. The van der Waals surface area contributed by atoms with Crippen molar-refractivity contribution in [1.29, 1.82) is 0 Å². The van der Waals surface area contributed by atoms with Gasteiger partial charge in [-0.3, -0.25) is 4.72 Å². The highest BCUT2D eigenvalue weighted by molar-refractivity contribution is 7.92. The Morgan fingerprint density at radius 3 is 2.24 bits per heavy atom. The van der Waals surface area contributed by atoms with Gasteiger partial charge in [-0.2, -0.15) is 0 Å². The SMILES string of the molecule is Cc1cc(N)c(S(=O)(=O)Nc2cccc(C)c2C)cc1C. The Labute approximate surface area is 126 Å². The number of hydrogen-bond acceptors (Lipinski definition) is 3. The van der Waals surface area contributed by atoms with Crippen molar-refractivity contribution in [2.24, 2.45) is 0 Å². The average molecular weight is 304 g/mol. The largest absolute Gasteiger partial charge is 0.398 e. The molecule has 0 aliphatic carbocycles. The van der Waals surface area contributed by atoms with Gasteiger partial charge in [0.25, 0.3) is 10.0 Å². The van der Waals surface area contributed by atoms with Gasteiger partial charge in [0, 0.05) is 0 Å². The van der Waals surface area contributed by atoms with E-state index in [2.05, 4.69) is 4.72 Å². The third-order valence-electron chi connectivity index (χ3n) is 3.76. The third kappa shape index (κ3) is 3.03. The van der Waals surface area contributed by atoms with Crippen LogP contribution in [0, 0.1) is 27.7 Å². The van der Waals surface area contributed by atoms with Gasteiger partial charge in [-0.25, -0.2) is 8.42 Å². The van der Waals surface area contributed by atoms with Crippen molar-refractivity contribution in [2.75, 3.05) is 10.5 Å². The van der Waals surface area contributed by atoms with E-state index in [1.54, 1.807) is 18.2 Å². The van der Waals surface area contributed by atoms with Gasteiger partial charge in [0.15, 0.2) is 0 Å². The molecule has 0 aliphatic rings. The standard InChI is InChI=1S/C16H20N2O2S/c1-10-6-5-7-15(13(10)4)18-21(19,20)16-9-12(3)11(2)8-14(16)17/h5-9,18H,17H2,1-4H3. The van der Waals surface area contributed by atoms with Crippen molar-refractivity contribution in [2.45, 2.75) is 32.6 Å². The van der Waals surface area contributed by atoms with E-state index in [-0.39, 0.29) is 10.6 Å². The normalized spacial score (nSPS) is 11.4. The third-order valence-corrected chi connectivity index (χ3v) is 5.19. The first-order valence-corrected chi connectivity index (χ1v) is 8.16. The Hall–Kier alpha value is -2.01. The number of nitrogen functional groups attached to an aromatic ring is 1. The summed E-state index contributed by atoms with van der Waals surface area (Å²) in [7, 11) is -3.70. The predicted octanol–water partition coefficient (Wildman–Crippen LogP) is 3.30.